The van der Waals surface area contributed by atoms with Crippen LogP contribution in [0.25, 0.3) is 11.0 Å². The molecular weight excluding hydrogens is 562 g/mol. The van der Waals surface area contributed by atoms with Gasteiger partial charge in [-0.25, -0.2) is 4.98 Å². The molecule has 44 heavy (non-hydrogen) atoms. The predicted octanol–water partition coefficient (Wildman–Crippen LogP) is 2.81. The third kappa shape index (κ3) is 5.79. The molecule has 0 aliphatic carbocycles. The van der Waals surface area contributed by atoms with E-state index < -0.39 is 11.9 Å². The molecule has 1 aromatic heterocycles. The minimum Gasteiger partial charge on any atom is -0.489 e. The Morgan fingerprint density at radius 2 is 1.89 bits per heavy atom. The summed E-state index contributed by atoms with van der Waals surface area (Å²) < 4.78 is 17.6. The monoisotopic (exact) mass is 599 g/mol. The Hall–Kier alpha value is -3.93. The first-order valence-electron chi connectivity index (χ1n) is 15.4. The Bertz CT molecular complexity index is 1590. The molecule has 0 saturated carbocycles. The molecule has 4 aliphatic rings. The molecule has 5 heterocycles. The number of nitrogens with one attached hydrogen (secondary N) is 1. The normalized spacial score (nSPS) is 24.6. The molecule has 4 aliphatic heterocycles. The zero-order valence-electron chi connectivity index (χ0n) is 24.9. The average molecular weight is 600 g/mol. The lowest BCUT2D eigenvalue weighted by Gasteiger charge is -2.29. The topological polar surface area (TPSA) is 123 Å². The van der Waals surface area contributed by atoms with Crippen LogP contribution >= 0.6 is 0 Å². The number of amides is 3. The van der Waals surface area contributed by atoms with Crippen LogP contribution in [-0.4, -0.2) is 89.7 Å². The maximum atomic E-state index is 13.1. The van der Waals surface area contributed by atoms with E-state index in [0.29, 0.717) is 36.8 Å². The molecule has 3 fully saturated rings. The van der Waals surface area contributed by atoms with Crippen LogP contribution in [0.2, 0.25) is 0 Å². The average Bonchev–Trinajstić information content (AvgIpc) is 3.56. The second-order valence-corrected chi connectivity index (χ2v) is 12.3. The SMILES string of the molecule is COC[C@@H]1CN(Cc2ccc3nc(C4CCOCC4)cnc3c2)C[C@H]1Oc1ccc2c(c1)CN([C@H]1CCC(=O)NC1=O)C2=O. The number of carbonyl (C=O) groups excluding carboxylic acids is 3. The molecule has 1 N–H and O–H groups in total. The highest BCUT2D eigenvalue weighted by molar-refractivity contribution is 6.05. The molecule has 3 saturated heterocycles. The highest BCUT2D eigenvalue weighted by Gasteiger charge is 2.40. The van der Waals surface area contributed by atoms with Crippen molar-refractivity contribution >= 4 is 28.8 Å². The van der Waals surface area contributed by atoms with Crippen molar-refractivity contribution in [2.75, 3.05) is 40.0 Å². The standard InChI is InChI=1S/C33H37N5O6/c1-42-19-23-16-37(15-20-2-5-26-27(12-20)34-14-28(35-26)21-8-10-43-11-9-21)18-30(23)44-24-3-4-25-22(13-24)17-38(33(25)41)29-6-7-31(39)36-32(29)40/h2-5,12-14,21,23,29-30H,6-11,15-19H2,1H3,(H,36,39,40)/t23-,29-,30+/m0/s1. The molecule has 2 aromatic carbocycles. The van der Waals surface area contributed by atoms with Gasteiger partial charge in [0.15, 0.2) is 0 Å². The number of hydrogen-bond donors (Lipinski definition) is 1. The second kappa shape index (κ2) is 12.2. The summed E-state index contributed by atoms with van der Waals surface area (Å²) in [5, 5.41) is 2.35. The number of ether oxygens (including phenoxy) is 3. The number of aromatic nitrogens is 2. The largest absolute Gasteiger partial charge is 0.489 e. The van der Waals surface area contributed by atoms with Crippen molar-refractivity contribution in [2.24, 2.45) is 5.92 Å². The molecule has 11 nitrogen and oxygen atoms in total. The minimum atomic E-state index is -0.637. The van der Waals surface area contributed by atoms with Gasteiger partial charge in [0.25, 0.3) is 5.91 Å². The number of nitrogens with zero attached hydrogens (tertiary/aromatic N) is 4. The summed E-state index contributed by atoms with van der Waals surface area (Å²) in [6.45, 7) is 4.78. The zero-order chi connectivity index (χ0) is 30.2. The number of methoxy groups -OCH3 is 1. The van der Waals surface area contributed by atoms with Gasteiger partial charge in [0, 0.05) is 76.5 Å². The molecule has 3 aromatic rings. The summed E-state index contributed by atoms with van der Waals surface area (Å²) in [7, 11) is 1.71. The van der Waals surface area contributed by atoms with E-state index in [1.807, 2.05) is 18.3 Å². The molecule has 0 spiro atoms. The van der Waals surface area contributed by atoms with Crippen LogP contribution in [-0.2, 0) is 32.2 Å². The summed E-state index contributed by atoms with van der Waals surface area (Å²) in [6, 6.07) is 11.2. The van der Waals surface area contributed by atoms with Gasteiger partial charge in [-0.15, -0.1) is 0 Å². The van der Waals surface area contributed by atoms with Crippen molar-refractivity contribution in [1.82, 2.24) is 25.1 Å². The number of piperidine rings is 1. The number of fused-ring (bicyclic) bond motifs is 2. The van der Waals surface area contributed by atoms with Crippen molar-refractivity contribution in [3.63, 3.8) is 0 Å². The van der Waals surface area contributed by atoms with Gasteiger partial charge in [0.2, 0.25) is 11.8 Å². The lowest BCUT2D eigenvalue weighted by molar-refractivity contribution is -0.136. The fraction of sp³-hybridized carbons (Fsp3) is 0.485. The molecule has 0 bridgehead atoms. The fourth-order valence-corrected chi connectivity index (χ4v) is 6.98. The lowest BCUT2D eigenvalue weighted by atomic mass is 9.97. The quantitative estimate of drug-likeness (QED) is 0.390. The van der Waals surface area contributed by atoms with Gasteiger partial charge in [-0.05, 0) is 60.7 Å². The van der Waals surface area contributed by atoms with E-state index >= 15 is 0 Å². The highest BCUT2D eigenvalue weighted by Crippen LogP contribution is 2.32. The van der Waals surface area contributed by atoms with Gasteiger partial charge in [-0.3, -0.25) is 29.6 Å². The van der Waals surface area contributed by atoms with E-state index in [0.717, 1.165) is 68.0 Å². The molecular formula is C33H37N5O6. The minimum absolute atomic E-state index is 0.0846. The summed E-state index contributed by atoms with van der Waals surface area (Å²) in [5.41, 5.74) is 5.44. The molecule has 0 radical (unpaired) electrons. The predicted molar refractivity (Wildman–Crippen MR) is 160 cm³/mol. The maximum Gasteiger partial charge on any atom is 0.255 e. The van der Waals surface area contributed by atoms with Crippen molar-refractivity contribution in [3.05, 3.63) is 65.0 Å². The van der Waals surface area contributed by atoms with Gasteiger partial charge >= 0.3 is 0 Å². The Kier molecular flexibility index (Phi) is 8.00. The number of rotatable bonds is 8. The van der Waals surface area contributed by atoms with E-state index in [1.54, 1.807) is 18.1 Å². The van der Waals surface area contributed by atoms with Gasteiger partial charge in [0.05, 0.1) is 23.3 Å². The molecule has 11 heteroatoms. The van der Waals surface area contributed by atoms with Crippen LogP contribution in [0.3, 0.4) is 0 Å². The Balaban J connectivity index is 1.01. The molecule has 0 unspecified atom stereocenters. The number of likely N-dealkylation sites (tertiary alicyclic amines) is 1. The van der Waals surface area contributed by atoms with Crippen molar-refractivity contribution in [1.29, 1.82) is 0 Å². The van der Waals surface area contributed by atoms with Gasteiger partial charge in [0.1, 0.15) is 17.9 Å². The second-order valence-electron chi connectivity index (χ2n) is 12.3. The summed E-state index contributed by atoms with van der Waals surface area (Å²) in [4.78, 5) is 50.7. The molecule has 3 amide bonds. The van der Waals surface area contributed by atoms with Crippen LogP contribution in [0, 0.1) is 5.92 Å². The van der Waals surface area contributed by atoms with Crippen LogP contribution in [0.1, 0.15) is 58.8 Å². The number of imide groups is 1. The van der Waals surface area contributed by atoms with E-state index in [-0.39, 0.29) is 30.3 Å². The summed E-state index contributed by atoms with van der Waals surface area (Å²) in [6.07, 6.45) is 4.38. The first kappa shape index (κ1) is 28.8. The van der Waals surface area contributed by atoms with Crippen molar-refractivity contribution < 1.29 is 28.6 Å². The van der Waals surface area contributed by atoms with E-state index in [1.165, 1.54) is 5.56 Å². The van der Waals surface area contributed by atoms with Crippen molar-refractivity contribution in [3.8, 4) is 5.75 Å². The van der Waals surface area contributed by atoms with E-state index in [9.17, 15) is 14.4 Å². The number of benzene rings is 2. The number of hydrogen-bond acceptors (Lipinski definition) is 9. The van der Waals surface area contributed by atoms with E-state index in [2.05, 4.69) is 28.4 Å². The van der Waals surface area contributed by atoms with Crippen LogP contribution in [0.15, 0.2) is 42.6 Å². The van der Waals surface area contributed by atoms with Crippen LogP contribution in [0.4, 0.5) is 0 Å². The maximum absolute atomic E-state index is 13.1. The molecule has 7 rings (SSSR count). The third-order valence-corrected chi connectivity index (χ3v) is 9.29. The first-order chi connectivity index (χ1) is 21.4. The zero-order valence-corrected chi connectivity index (χ0v) is 24.9. The van der Waals surface area contributed by atoms with Gasteiger partial charge in [-0.1, -0.05) is 6.07 Å². The smallest absolute Gasteiger partial charge is 0.255 e. The van der Waals surface area contributed by atoms with Gasteiger partial charge < -0.3 is 19.1 Å². The molecule has 230 valence electrons. The van der Waals surface area contributed by atoms with Gasteiger partial charge in [-0.2, -0.15) is 0 Å². The first-order valence-corrected chi connectivity index (χ1v) is 15.4. The molecule has 3 atom stereocenters. The third-order valence-electron chi connectivity index (χ3n) is 9.29. The summed E-state index contributed by atoms with van der Waals surface area (Å²) >= 11 is 0. The summed E-state index contributed by atoms with van der Waals surface area (Å²) in [5.74, 6) is 0.384. The number of carbonyl (C=O) groups is 3. The van der Waals surface area contributed by atoms with Crippen LogP contribution in [0.5, 0.6) is 5.75 Å². The van der Waals surface area contributed by atoms with E-state index in [4.69, 9.17) is 24.2 Å². The van der Waals surface area contributed by atoms with Crippen molar-refractivity contribution in [2.45, 2.75) is 56.8 Å². The highest BCUT2D eigenvalue weighted by atomic mass is 16.5. The van der Waals surface area contributed by atoms with Crippen LogP contribution < -0.4 is 10.1 Å². The Labute approximate surface area is 255 Å². The fourth-order valence-electron chi connectivity index (χ4n) is 6.98. The Morgan fingerprint density at radius 1 is 1.02 bits per heavy atom. The Morgan fingerprint density at radius 3 is 2.70 bits per heavy atom. The lowest BCUT2D eigenvalue weighted by Crippen LogP contribution is -2.52.